The highest BCUT2D eigenvalue weighted by Crippen LogP contribution is 2.27. The minimum absolute atomic E-state index is 0.0538. The Balaban J connectivity index is 2.21. The fraction of sp³-hybridized carbons (Fsp3) is 0.500. The molecule has 4 nitrogen and oxygen atoms in total. The molecule has 1 N–H and O–H groups in total. The number of aliphatic hydroxyl groups is 1. The molecule has 100 valence electrons. The predicted octanol–water partition coefficient (Wildman–Crippen LogP) is 1.22. The van der Waals surface area contributed by atoms with Gasteiger partial charge < -0.3 is 5.11 Å². The Kier molecular flexibility index (Phi) is 3.99. The van der Waals surface area contributed by atoms with Crippen molar-refractivity contribution >= 4 is 10.0 Å². The largest absolute Gasteiger partial charge is 0.396 e. The zero-order chi connectivity index (χ0) is 13.2. The fourth-order valence-electron chi connectivity index (χ4n) is 2.23. The molecular formula is C12H16FNO3S. The average Bonchev–Trinajstić information content (AvgIpc) is 2.79. The van der Waals surface area contributed by atoms with Gasteiger partial charge in [-0.15, -0.1) is 0 Å². The molecule has 0 aliphatic carbocycles. The number of nitrogens with zero attached hydrogens (tertiary/aromatic N) is 1. The van der Waals surface area contributed by atoms with Gasteiger partial charge in [0, 0.05) is 19.7 Å². The van der Waals surface area contributed by atoms with Crippen LogP contribution in [0.3, 0.4) is 0 Å². The Morgan fingerprint density at radius 2 is 2.11 bits per heavy atom. The van der Waals surface area contributed by atoms with E-state index in [4.69, 9.17) is 5.11 Å². The van der Waals surface area contributed by atoms with Gasteiger partial charge in [0.25, 0.3) is 0 Å². The summed E-state index contributed by atoms with van der Waals surface area (Å²) in [5.41, 5.74) is 0. The lowest BCUT2D eigenvalue weighted by molar-refractivity contribution is 0.259. The zero-order valence-corrected chi connectivity index (χ0v) is 10.7. The van der Waals surface area contributed by atoms with Gasteiger partial charge in [0.15, 0.2) is 0 Å². The Labute approximate surface area is 106 Å². The molecule has 0 spiro atoms. The van der Waals surface area contributed by atoms with Crippen LogP contribution in [0.25, 0.3) is 0 Å². The number of hydrogen-bond acceptors (Lipinski definition) is 3. The molecule has 0 aromatic heterocycles. The zero-order valence-electron chi connectivity index (χ0n) is 9.92. The molecule has 0 saturated carbocycles. The number of halogens is 1. The topological polar surface area (TPSA) is 57.6 Å². The second kappa shape index (κ2) is 5.34. The third kappa shape index (κ3) is 2.55. The van der Waals surface area contributed by atoms with E-state index in [0.29, 0.717) is 25.9 Å². The lowest BCUT2D eigenvalue weighted by atomic mass is 10.1. The summed E-state index contributed by atoms with van der Waals surface area (Å²) in [5.74, 6) is -0.556. The number of rotatable bonds is 4. The molecule has 6 heteroatoms. The summed E-state index contributed by atoms with van der Waals surface area (Å²) in [6.07, 6.45) is 1.30. The molecule has 1 aromatic rings. The fourth-order valence-corrected chi connectivity index (χ4v) is 3.82. The molecule has 1 aliphatic rings. The van der Waals surface area contributed by atoms with Crippen LogP contribution in [-0.2, 0) is 10.0 Å². The van der Waals surface area contributed by atoms with Crippen LogP contribution < -0.4 is 0 Å². The Morgan fingerprint density at radius 3 is 2.78 bits per heavy atom. The van der Waals surface area contributed by atoms with Crippen molar-refractivity contribution in [2.24, 2.45) is 5.92 Å². The van der Waals surface area contributed by atoms with Gasteiger partial charge in [-0.3, -0.25) is 0 Å². The van der Waals surface area contributed by atoms with E-state index < -0.39 is 15.8 Å². The molecule has 18 heavy (non-hydrogen) atoms. The first-order valence-electron chi connectivity index (χ1n) is 5.91. The first kappa shape index (κ1) is 13.5. The maximum Gasteiger partial charge on any atom is 0.245 e. The quantitative estimate of drug-likeness (QED) is 0.897. The van der Waals surface area contributed by atoms with E-state index in [2.05, 4.69) is 0 Å². The molecule has 2 rings (SSSR count). The molecule has 1 unspecified atom stereocenters. The first-order chi connectivity index (χ1) is 8.55. The van der Waals surface area contributed by atoms with E-state index in [1.54, 1.807) is 0 Å². The minimum Gasteiger partial charge on any atom is -0.396 e. The van der Waals surface area contributed by atoms with Crippen LogP contribution in [0, 0.1) is 11.7 Å². The Hall–Kier alpha value is -0.980. The SMILES string of the molecule is O=S(=O)(c1ccccc1F)N1CCC(CCO)C1. The van der Waals surface area contributed by atoms with Gasteiger partial charge in [-0.1, -0.05) is 12.1 Å². The molecule has 1 aliphatic heterocycles. The van der Waals surface area contributed by atoms with Gasteiger partial charge in [0.1, 0.15) is 10.7 Å². The van der Waals surface area contributed by atoms with Crippen LogP contribution in [-0.4, -0.2) is 37.5 Å². The predicted molar refractivity (Wildman–Crippen MR) is 65.0 cm³/mol. The normalized spacial score (nSPS) is 21.3. The number of sulfonamides is 1. The summed E-state index contributed by atoms with van der Waals surface area (Å²) in [6, 6.07) is 5.41. The van der Waals surface area contributed by atoms with Gasteiger partial charge in [-0.05, 0) is 30.9 Å². The standard InChI is InChI=1S/C12H16FNO3S/c13-11-3-1-2-4-12(11)18(16,17)14-7-5-10(9-14)6-8-15/h1-4,10,15H,5-9H2. The monoisotopic (exact) mass is 273 g/mol. The maximum atomic E-state index is 13.5. The minimum atomic E-state index is -3.74. The first-order valence-corrected chi connectivity index (χ1v) is 7.35. The van der Waals surface area contributed by atoms with E-state index in [0.717, 1.165) is 6.07 Å². The van der Waals surface area contributed by atoms with Crippen molar-refractivity contribution in [1.82, 2.24) is 4.31 Å². The lowest BCUT2D eigenvalue weighted by Gasteiger charge is -2.16. The van der Waals surface area contributed by atoms with Gasteiger partial charge >= 0.3 is 0 Å². The third-order valence-corrected chi connectivity index (χ3v) is 5.14. The molecule has 1 atom stereocenters. The molecule has 1 saturated heterocycles. The molecule has 1 fully saturated rings. The van der Waals surface area contributed by atoms with Crippen LogP contribution in [0.1, 0.15) is 12.8 Å². The summed E-state index contributed by atoms with van der Waals surface area (Å²) in [5, 5.41) is 8.85. The van der Waals surface area contributed by atoms with Crippen LogP contribution in [0.2, 0.25) is 0 Å². The third-order valence-electron chi connectivity index (χ3n) is 3.24. The van der Waals surface area contributed by atoms with Crippen LogP contribution >= 0.6 is 0 Å². The second-order valence-electron chi connectivity index (χ2n) is 4.46. The Bertz CT molecular complexity index is 518. The highest BCUT2D eigenvalue weighted by atomic mass is 32.2. The van der Waals surface area contributed by atoms with E-state index in [9.17, 15) is 12.8 Å². The number of benzene rings is 1. The maximum absolute atomic E-state index is 13.5. The molecule has 0 radical (unpaired) electrons. The van der Waals surface area contributed by atoms with E-state index >= 15 is 0 Å². The van der Waals surface area contributed by atoms with Crippen molar-refractivity contribution in [3.05, 3.63) is 30.1 Å². The van der Waals surface area contributed by atoms with Crippen LogP contribution in [0.5, 0.6) is 0 Å². The van der Waals surface area contributed by atoms with Crippen LogP contribution in [0.15, 0.2) is 29.2 Å². The van der Waals surface area contributed by atoms with Gasteiger partial charge in [0.2, 0.25) is 10.0 Å². The van der Waals surface area contributed by atoms with E-state index in [-0.39, 0.29) is 17.4 Å². The number of aliphatic hydroxyl groups excluding tert-OH is 1. The highest BCUT2D eigenvalue weighted by molar-refractivity contribution is 7.89. The van der Waals surface area contributed by atoms with Crippen molar-refractivity contribution in [2.75, 3.05) is 19.7 Å². The summed E-state index contributed by atoms with van der Waals surface area (Å²) < 4.78 is 39.3. The summed E-state index contributed by atoms with van der Waals surface area (Å²) in [4.78, 5) is -0.269. The number of hydrogen-bond donors (Lipinski definition) is 1. The molecular weight excluding hydrogens is 257 g/mol. The molecule has 1 heterocycles. The smallest absolute Gasteiger partial charge is 0.245 e. The van der Waals surface area contributed by atoms with E-state index in [1.807, 2.05) is 0 Å². The van der Waals surface area contributed by atoms with Crippen molar-refractivity contribution in [2.45, 2.75) is 17.7 Å². The van der Waals surface area contributed by atoms with Gasteiger partial charge in [0.05, 0.1) is 0 Å². The summed E-state index contributed by atoms with van der Waals surface area (Å²) in [7, 11) is -3.74. The van der Waals surface area contributed by atoms with Crippen molar-refractivity contribution in [3.8, 4) is 0 Å². The van der Waals surface area contributed by atoms with Crippen molar-refractivity contribution in [3.63, 3.8) is 0 Å². The summed E-state index contributed by atoms with van der Waals surface area (Å²) >= 11 is 0. The van der Waals surface area contributed by atoms with Crippen molar-refractivity contribution < 1.29 is 17.9 Å². The second-order valence-corrected chi connectivity index (χ2v) is 6.37. The van der Waals surface area contributed by atoms with Crippen molar-refractivity contribution in [1.29, 1.82) is 0 Å². The summed E-state index contributed by atoms with van der Waals surface area (Å²) in [6.45, 7) is 0.802. The Morgan fingerprint density at radius 1 is 1.39 bits per heavy atom. The van der Waals surface area contributed by atoms with Gasteiger partial charge in [-0.2, -0.15) is 4.31 Å². The molecule has 0 bridgehead atoms. The lowest BCUT2D eigenvalue weighted by Crippen LogP contribution is -2.29. The average molecular weight is 273 g/mol. The van der Waals surface area contributed by atoms with E-state index in [1.165, 1.54) is 22.5 Å². The highest BCUT2D eigenvalue weighted by Gasteiger charge is 2.33. The van der Waals surface area contributed by atoms with Crippen LogP contribution in [0.4, 0.5) is 4.39 Å². The van der Waals surface area contributed by atoms with Gasteiger partial charge in [-0.25, -0.2) is 12.8 Å². The molecule has 1 aromatic carbocycles. The molecule has 0 amide bonds.